The molecule has 3 N–H and O–H groups in total. The number of aliphatic imine (C=N–C) groups is 1. The van der Waals surface area contributed by atoms with E-state index in [4.69, 9.17) is 9.47 Å². The lowest BCUT2D eigenvalue weighted by Gasteiger charge is -2.15. The molecular weight excluding hydrogens is 512 g/mol. The molecule has 0 radical (unpaired) electrons. The van der Waals surface area contributed by atoms with Crippen LogP contribution in [0.1, 0.15) is 36.1 Å². The number of aliphatic hydroxyl groups is 1. The summed E-state index contributed by atoms with van der Waals surface area (Å²) in [6.07, 6.45) is 0. The van der Waals surface area contributed by atoms with Crippen LogP contribution in [0, 0.1) is 12.7 Å². The monoisotopic (exact) mass is 545 g/mol. The number of hydrogen-bond donors (Lipinski definition) is 3. The number of ether oxygens (including phenoxy) is 2. The largest absolute Gasteiger partial charge is 0.491 e. The molecular formula is C23H33FIN3O3. The van der Waals surface area contributed by atoms with E-state index in [1.807, 2.05) is 39.0 Å². The topological polar surface area (TPSA) is 75.1 Å². The molecule has 0 unspecified atom stereocenters. The summed E-state index contributed by atoms with van der Waals surface area (Å²) in [6, 6.07) is 10.8. The zero-order valence-corrected chi connectivity index (χ0v) is 20.7. The molecule has 0 saturated heterocycles. The number of benzene rings is 2. The van der Waals surface area contributed by atoms with Gasteiger partial charge in [0.15, 0.2) is 5.96 Å². The molecule has 0 aliphatic carbocycles. The molecule has 8 heteroatoms. The average molecular weight is 545 g/mol. The molecule has 0 bridgehead atoms. The number of halogens is 2. The summed E-state index contributed by atoms with van der Waals surface area (Å²) < 4.78 is 24.8. The molecule has 0 aliphatic rings. The van der Waals surface area contributed by atoms with Gasteiger partial charge in [-0.2, -0.15) is 0 Å². The van der Waals surface area contributed by atoms with Crippen molar-refractivity contribution in [2.45, 2.75) is 40.5 Å². The number of nitrogens with zero attached hydrogens (tertiary/aromatic N) is 1. The van der Waals surface area contributed by atoms with Gasteiger partial charge in [0.05, 0.1) is 19.8 Å². The number of rotatable bonds is 11. The minimum absolute atomic E-state index is 0. The molecule has 172 valence electrons. The predicted molar refractivity (Wildman–Crippen MR) is 133 cm³/mol. The lowest BCUT2D eigenvalue weighted by atomic mass is 10.1. The second kappa shape index (κ2) is 15.0. The van der Waals surface area contributed by atoms with Gasteiger partial charge in [-0.25, -0.2) is 9.38 Å². The molecule has 0 saturated carbocycles. The maximum absolute atomic E-state index is 13.6. The Labute approximate surface area is 201 Å². The number of hydrogen-bond acceptors (Lipinski definition) is 4. The van der Waals surface area contributed by atoms with Crippen molar-refractivity contribution in [1.82, 2.24) is 10.6 Å². The van der Waals surface area contributed by atoms with Gasteiger partial charge in [0.25, 0.3) is 0 Å². The highest BCUT2D eigenvalue weighted by Gasteiger charge is 2.07. The molecule has 2 aromatic rings. The van der Waals surface area contributed by atoms with Gasteiger partial charge in [-0.15, -0.1) is 24.0 Å². The number of aliphatic hydroxyl groups excluding tert-OH is 1. The standard InChI is InChI=1S/C23H32FN3O3.HI/c1-4-25-23(26-14-18-7-9-21(24)20(13-18)16-28)27-15-19-8-6-17(3)12-22(19)30-11-10-29-5-2;/h6-9,12-13,28H,4-5,10-11,14-16H2,1-3H3,(H2,25,26,27);1H. The number of nitrogens with one attached hydrogen (secondary N) is 2. The van der Waals surface area contributed by atoms with Gasteiger partial charge in [0, 0.05) is 30.8 Å². The number of guanidine groups is 1. The van der Waals surface area contributed by atoms with Crippen molar-refractivity contribution < 1.29 is 19.0 Å². The van der Waals surface area contributed by atoms with Gasteiger partial charge in [0.1, 0.15) is 18.2 Å². The van der Waals surface area contributed by atoms with Crippen molar-refractivity contribution >= 4 is 29.9 Å². The minimum atomic E-state index is -0.411. The Morgan fingerprint density at radius 1 is 1.06 bits per heavy atom. The smallest absolute Gasteiger partial charge is 0.191 e. The Hall–Kier alpha value is -1.91. The van der Waals surface area contributed by atoms with E-state index in [1.54, 1.807) is 12.1 Å². The van der Waals surface area contributed by atoms with Crippen LogP contribution in [0.4, 0.5) is 4.39 Å². The van der Waals surface area contributed by atoms with Gasteiger partial charge in [0.2, 0.25) is 0 Å². The van der Waals surface area contributed by atoms with Gasteiger partial charge >= 0.3 is 0 Å². The quantitative estimate of drug-likeness (QED) is 0.173. The third-order valence-electron chi connectivity index (χ3n) is 4.40. The average Bonchev–Trinajstić information content (AvgIpc) is 2.75. The van der Waals surface area contributed by atoms with Gasteiger partial charge in [-0.05, 0) is 50.1 Å². The first kappa shape index (κ1) is 27.1. The first-order chi connectivity index (χ1) is 14.6. The summed E-state index contributed by atoms with van der Waals surface area (Å²) in [7, 11) is 0. The van der Waals surface area contributed by atoms with E-state index in [1.165, 1.54) is 6.07 Å². The second-order valence-corrected chi connectivity index (χ2v) is 6.79. The maximum Gasteiger partial charge on any atom is 0.191 e. The molecule has 0 aromatic heterocycles. The van der Waals surface area contributed by atoms with E-state index in [0.29, 0.717) is 45.4 Å². The number of aryl methyl sites for hydroxylation is 1. The maximum atomic E-state index is 13.6. The van der Waals surface area contributed by atoms with E-state index in [9.17, 15) is 9.50 Å². The summed E-state index contributed by atoms with van der Waals surface area (Å²) in [5, 5.41) is 15.8. The zero-order chi connectivity index (χ0) is 21.8. The third-order valence-corrected chi connectivity index (χ3v) is 4.40. The van der Waals surface area contributed by atoms with Crippen molar-refractivity contribution in [2.24, 2.45) is 4.99 Å². The molecule has 31 heavy (non-hydrogen) atoms. The highest BCUT2D eigenvalue weighted by atomic mass is 127. The SMILES string of the molecule is CCNC(=NCc1ccc(F)c(CO)c1)NCc1ccc(C)cc1OCCOCC.I. The Kier molecular flexibility index (Phi) is 13.1. The molecule has 2 aromatic carbocycles. The fourth-order valence-electron chi connectivity index (χ4n) is 2.84. The van der Waals surface area contributed by atoms with Gasteiger partial charge in [-0.3, -0.25) is 0 Å². The van der Waals surface area contributed by atoms with E-state index >= 15 is 0 Å². The van der Waals surface area contributed by atoms with E-state index in [0.717, 1.165) is 22.4 Å². The van der Waals surface area contributed by atoms with Crippen LogP contribution in [0.3, 0.4) is 0 Å². The first-order valence-electron chi connectivity index (χ1n) is 10.3. The van der Waals surface area contributed by atoms with Crippen molar-refractivity contribution in [2.75, 3.05) is 26.4 Å². The Morgan fingerprint density at radius 3 is 2.58 bits per heavy atom. The van der Waals surface area contributed by atoms with Crippen LogP contribution in [0.5, 0.6) is 5.75 Å². The summed E-state index contributed by atoms with van der Waals surface area (Å²) in [5.41, 5.74) is 3.25. The summed E-state index contributed by atoms with van der Waals surface area (Å²) in [4.78, 5) is 4.57. The zero-order valence-electron chi connectivity index (χ0n) is 18.4. The van der Waals surface area contributed by atoms with Crippen LogP contribution >= 0.6 is 24.0 Å². The highest BCUT2D eigenvalue weighted by molar-refractivity contribution is 14.0. The van der Waals surface area contributed by atoms with Crippen LogP contribution in [-0.2, 0) is 24.4 Å². The van der Waals surface area contributed by atoms with Gasteiger partial charge < -0.3 is 25.2 Å². The van der Waals surface area contributed by atoms with Crippen molar-refractivity contribution in [3.8, 4) is 5.75 Å². The van der Waals surface area contributed by atoms with Crippen LogP contribution < -0.4 is 15.4 Å². The normalized spacial score (nSPS) is 11.1. The lowest BCUT2D eigenvalue weighted by Crippen LogP contribution is -2.36. The third kappa shape index (κ3) is 9.40. The summed E-state index contributed by atoms with van der Waals surface area (Å²) >= 11 is 0. The molecule has 6 nitrogen and oxygen atoms in total. The molecule has 2 rings (SSSR count). The second-order valence-electron chi connectivity index (χ2n) is 6.79. The Balaban J connectivity index is 0.00000480. The van der Waals surface area contributed by atoms with E-state index < -0.39 is 5.82 Å². The lowest BCUT2D eigenvalue weighted by molar-refractivity contribution is 0.110. The fraction of sp³-hybridized carbons (Fsp3) is 0.435. The minimum Gasteiger partial charge on any atom is -0.491 e. The van der Waals surface area contributed by atoms with Crippen LogP contribution in [-0.4, -0.2) is 37.4 Å². The van der Waals surface area contributed by atoms with E-state index in [2.05, 4.69) is 15.6 Å². The molecule has 0 heterocycles. The van der Waals surface area contributed by atoms with Crippen LogP contribution in [0.2, 0.25) is 0 Å². The Morgan fingerprint density at radius 2 is 1.87 bits per heavy atom. The molecule has 0 amide bonds. The summed E-state index contributed by atoms with van der Waals surface area (Å²) in [5.74, 6) is 1.06. The van der Waals surface area contributed by atoms with E-state index in [-0.39, 0.29) is 36.1 Å². The predicted octanol–water partition coefficient (Wildman–Crippen LogP) is 3.92. The van der Waals surface area contributed by atoms with Crippen molar-refractivity contribution in [1.29, 1.82) is 0 Å². The van der Waals surface area contributed by atoms with Crippen molar-refractivity contribution in [3.63, 3.8) is 0 Å². The molecule has 0 spiro atoms. The van der Waals surface area contributed by atoms with Crippen LogP contribution in [0.25, 0.3) is 0 Å². The molecule has 0 atom stereocenters. The van der Waals surface area contributed by atoms with Gasteiger partial charge in [-0.1, -0.05) is 18.2 Å². The Bertz CT molecular complexity index is 834. The molecule has 0 fully saturated rings. The molecule has 0 aliphatic heterocycles. The summed E-state index contributed by atoms with van der Waals surface area (Å²) in [6.45, 7) is 8.99. The van der Waals surface area contributed by atoms with Crippen molar-refractivity contribution in [3.05, 3.63) is 64.5 Å². The highest BCUT2D eigenvalue weighted by Crippen LogP contribution is 2.20. The first-order valence-corrected chi connectivity index (χ1v) is 10.3. The van der Waals surface area contributed by atoms with Crippen LogP contribution in [0.15, 0.2) is 41.4 Å². The fourth-order valence-corrected chi connectivity index (χ4v) is 2.84.